The van der Waals surface area contributed by atoms with Crippen LogP contribution in [-0.4, -0.2) is 32.2 Å². The number of rotatable bonds is 3. The van der Waals surface area contributed by atoms with Gasteiger partial charge in [-0.05, 0) is 43.4 Å². The summed E-state index contributed by atoms with van der Waals surface area (Å²) in [5.74, 6) is 6.30. The Balaban J connectivity index is 1.98. The molecule has 1 aromatic rings. The number of benzene rings is 1. The molecule has 21 heavy (non-hydrogen) atoms. The average molecular weight is 286 g/mol. The molecule has 1 aliphatic heterocycles. The molecule has 2 rings (SSSR count). The number of aryl methyl sites for hydroxylation is 1. The lowest BCUT2D eigenvalue weighted by atomic mass is 10.00. The van der Waals surface area contributed by atoms with Crippen molar-refractivity contribution < 1.29 is 9.53 Å². The van der Waals surface area contributed by atoms with Crippen LogP contribution in [-0.2, 0) is 4.74 Å². The van der Waals surface area contributed by atoms with Crippen molar-refractivity contribution in [2.75, 3.05) is 26.3 Å². The summed E-state index contributed by atoms with van der Waals surface area (Å²) in [4.78, 5) is 12.2. The number of ether oxygens (including phenoxy) is 1. The molecule has 0 aromatic heterocycles. The second-order valence-corrected chi connectivity index (χ2v) is 5.30. The van der Waals surface area contributed by atoms with Gasteiger partial charge in [0.15, 0.2) is 0 Å². The molecular formula is C17H22N2O2. The molecule has 0 radical (unpaired) electrons. The highest BCUT2D eigenvalue weighted by Gasteiger charge is 2.15. The van der Waals surface area contributed by atoms with Crippen molar-refractivity contribution in [2.45, 2.75) is 19.8 Å². The van der Waals surface area contributed by atoms with Gasteiger partial charge in [0, 0.05) is 30.9 Å². The fourth-order valence-electron chi connectivity index (χ4n) is 2.33. The maximum atomic E-state index is 12.2. The Morgan fingerprint density at radius 1 is 1.43 bits per heavy atom. The van der Waals surface area contributed by atoms with Crippen LogP contribution >= 0.6 is 0 Å². The van der Waals surface area contributed by atoms with Crippen molar-refractivity contribution >= 4 is 5.91 Å². The largest absolute Gasteiger partial charge is 0.381 e. The Labute approximate surface area is 126 Å². The second kappa shape index (κ2) is 7.82. The molecule has 3 N–H and O–H groups in total. The standard InChI is InChI=1S/C17H22N2O2/c1-13-4-5-16(11-15(13)3-2-8-18)17(20)19-12-14-6-9-21-10-7-14/h4-5,11,14H,6-10,12,18H2,1H3,(H,19,20). The van der Waals surface area contributed by atoms with Gasteiger partial charge >= 0.3 is 0 Å². The summed E-state index contributed by atoms with van der Waals surface area (Å²) < 4.78 is 5.32. The van der Waals surface area contributed by atoms with E-state index in [0.717, 1.165) is 37.2 Å². The summed E-state index contributed by atoms with van der Waals surface area (Å²) in [6.07, 6.45) is 2.03. The minimum absolute atomic E-state index is 0.0442. The zero-order chi connectivity index (χ0) is 15.1. The van der Waals surface area contributed by atoms with Crippen molar-refractivity contribution in [3.63, 3.8) is 0 Å². The minimum Gasteiger partial charge on any atom is -0.381 e. The van der Waals surface area contributed by atoms with Crippen LogP contribution in [0.5, 0.6) is 0 Å². The normalized spacial score (nSPS) is 15.1. The molecule has 0 aliphatic carbocycles. The van der Waals surface area contributed by atoms with Gasteiger partial charge in [0.05, 0.1) is 6.54 Å². The maximum absolute atomic E-state index is 12.2. The van der Waals surface area contributed by atoms with Gasteiger partial charge in [-0.1, -0.05) is 17.9 Å². The SMILES string of the molecule is Cc1ccc(C(=O)NCC2CCOCC2)cc1C#CCN. The predicted molar refractivity (Wildman–Crippen MR) is 83.0 cm³/mol. The van der Waals surface area contributed by atoms with E-state index in [1.54, 1.807) is 0 Å². The highest BCUT2D eigenvalue weighted by atomic mass is 16.5. The second-order valence-electron chi connectivity index (χ2n) is 5.30. The monoisotopic (exact) mass is 286 g/mol. The molecule has 1 aliphatic rings. The van der Waals surface area contributed by atoms with Gasteiger partial charge in [-0.3, -0.25) is 4.79 Å². The molecule has 4 nitrogen and oxygen atoms in total. The van der Waals surface area contributed by atoms with Crippen LogP contribution in [0.15, 0.2) is 18.2 Å². The lowest BCUT2D eigenvalue weighted by Gasteiger charge is -2.22. The number of carbonyl (C=O) groups excluding carboxylic acids is 1. The highest BCUT2D eigenvalue weighted by molar-refractivity contribution is 5.94. The van der Waals surface area contributed by atoms with Gasteiger partial charge < -0.3 is 15.8 Å². The predicted octanol–water partition coefficient (Wildman–Crippen LogP) is 1.46. The summed E-state index contributed by atoms with van der Waals surface area (Å²) in [6.45, 7) is 4.59. The third-order valence-electron chi connectivity index (χ3n) is 3.72. The smallest absolute Gasteiger partial charge is 0.251 e. The Hall–Kier alpha value is -1.83. The first-order chi connectivity index (χ1) is 10.2. The van der Waals surface area contributed by atoms with Crippen LogP contribution in [0.2, 0.25) is 0 Å². The van der Waals surface area contributed by atoms with Crippen LogP contribution in [0.4, 0.5) is 0 Å². The number of nitrogens with one attached hydrogen (secondary N) is 1. The summed E-state index contributed by atoms with van der Waals surface area (Å²) in [5, 5.41) is 3.00. The van der Waals surface area contributed by atoms with Gasteiger partial charge in [-0.2, -0.15) is 0 Å². The lowest BCUT2D eigenvalue weighted by molar-refractivity contribution is 0.0642. The van der Waals surface area contributed by atoms with Crippen LogP contribution in [0.1, 0.15) is 34.3 Å². The molecule has 1 heterocycles. The lowest BCUT2D eigenvalue weighted by Crippen LogP contribution is -2.32. The molecule has 1 amide bonds. The topological polar surface area (TPSA) is 64.3 Å². The van der Waals surface area contributed by atoms with E-state index in [2.05, 4.69) is 17.2 Å². The van der Waals surface area contributed by atoms with E-state index < -0.39 is 0 Å². The van der Waals surface area contributed by atoms with Crippen molar-refractivity contribution in [3.8, 4) is 11.8 Å². The summed E-state index contributed by atoms with van der Waals surface area (Å²) in [6, 6.07) is 5.59. The Morgan fingerprint density at radius 3 is 2.90 bits per heavy atom. The number of carbonyl (C=O) groups is 1. The zero-order valence-corrected chi connectivity index (χ0v) is 12.4. The molecule has 112 valence electrons. The zero-order valence-electron chi connectivity index (χ0n) is 12.4. The van der Waals surface area contributed by atoms with Gasteiger partial charge in [-0.25, -0.2) is 0 Å². The van der Waals surface area contributed by atoms with Gasteiger partial charge in [0.2, 0.25) is 0 Å². The minimum atomic E-state index is -0.0442. The van der Waals surface area contributed by atoms with E-state index >= 15 is 0 Å². The van der Waals surface area contributed by atoms with Crippen molar-refractivity contribution in [1.82, 2.24) is 5.32 Å². The summed E-state index contributed by atoms with van der Waals surface area (Å²) >= 11 is 0. The fourth-order valence-corrected chi connectivity index (χ4v) is 2.33. The molecule has 4 heteroatoms. The fraction of sp³-hybridized carbons (Fsp3) is 0.471. The van der Waals surface area contributed by atoms with E-state index in [9.17, 15) is 4.79 Å². The summed E-state index contributed by atoms with van der Waals surface area (Å²) in [7, 11) is 0. The Bertz CT molecular complexity index is 552. The molecule has 1 saturated heterocycles. The van der Waals surface area contributed by atoms with Gasteiger partial charge in [0.1, 0.15) is 0 Å². The summed E-state index contributed by atoms with van der Waals surface area (Å²) in [5.41, 5.74) is 7.95. The van der Waals surface area contributed by atoms with Crippen LogP contribution < -0.4 is 11.1 Å². The number of amides is 1. The molecular weight excluding hydrogens is 264 g/mol. The third kappa shape index (κ3) is 4.59. The van der Waals surface area contributed by atoms with E-state index in [1.807, 2.05) is 25.1 Å². The molecule has 0 atom stereocenters. The molecule has 0 unspecified atom stereocenters. The van der Waals surface area contributed by atoms with E-state index in [-0.39, 0.29) is 5.91 Å². The van der Waals surface area contributed by atoms with E-state index in [4.69, 9.17) is 10.5 Å². The molecule has 0 bridgehead atoms. The van der Waals surface area contributed by atoms with Crippen molar-refractivity contribution in [3.05, 3.63) is 34.9 Å². The van der Waals surface area contributed by atoms with Crippen molar-refractivity contribution in [2.24, 2.45) is 11.7 Å². The van der Waals surface area contributed by atoms with E-state index in [0.29, 0.717) is 24.6 Å². The Kier molecular flexibility index (Phi) is 5.79. The van der Waals surface area contributed by atoms with Crippen molar-refractivity contribution in [1.29, 1.82) is 0 Å². The molecule has 1 aromatic carbocycles. The highest BCUT2D eigenvalue weighted by Crippen LogP contribution is 2.14. The van der Waals surface area contributed by atoms with Gasteiger partial charge in [0.25, 0.3) is 5.91 Å². The van der Waals surface area contributed by atoms with Gasteiger partial charge in [-0.15, -0.1) is 0 Å². The molecule has 0 spiro atoms. The Morgan fingerprint density at radius 2 is 2.19 bits per heavy atom. The van der Waals surface area contributed by atoms with Crippen LogP contribution in [0.3, 0.4) is 0 Å². The quantitative estimate of drug-likeness (QED) is 0.827. The van der Waals surface area contributed by atoms with E-state index in [1.165, 1.54) is 0 Å². The number of hydrogen-bond acceptors (Lipinski definition) is 3. The molecule has 0 saturated carbocycles. The first kappa shape index (κ1) is 15.6. The first-order valence-corrected chi connectivity index (χ1v) is 7.36. The number of nitrogens with two attached hydrogens (primary N) is 1. The number of hydrogen-bond donors (Lipinski definition) is 2. The van der Waals surface area contributed by atoms with Crippen LogP contribution in [0.25, 0.3) is 0 Å². The first-order valence-electron chi connectivity index (χ1n) is 7.36. The van der Waals surface area contributed by atoms with Crippen LogP contribution in [0, 0.1) is 24.7 Å². The third-order valence-corrected chi connectivity index (χ3v) is 3.72. The average Bonchev–Trinajstić information content (AvgIpc) is 2.53. The maximum Gasteiger partial charge on any atom is 0.251 e. The molecule has 1 fully saturated rings.